The van der Waals surface area contributed by atoms with Gasteiger partial charge in [0.05, 0.1) is 15.6 Å². The molecule has 0 spiro atoms. The first-order valence-corrected chi connectivity index (χ1v) is 10.8. The van der Waals surface area contributed by atoms with Gasteiger partial charge in [0.2, 0.25) is 10.0 Å². The Hall–Kier alpha value is -1.61. The SMILES string of the molecule is CC(C)CNS(=O)(=O)c1ccc(OCC(=O)Nc2ccccc2Br)c(Cl)c1. The number of nitrogens with one attached hydrogen (secondary N) is 2. The van der Waals surface area contributed by atoms with E-state index < -0.39 is 10.0 Å². The Morgan fingerprint density at radius 3 is 2.56 bits per heavy atom. The average Bonchev–Trinajstić information content (AvgIpc) is 2.61. The minimum atomic E-state index is -3.65. The van der Waals surface area contributed by atoms with E-state index in [4.69, 9.17) is 16.3 Å². The summed E-state index contributed by atoms with van der Waals surface area (Å²) in [5.41, 5.74) is 0.620. The molecular formula is C18H20BrClN2O4S. The number of halogens is 2. The molecule has 0 atom stereocenters. The standard InChI is InChI=1S/C18H20BrClN2O4S/c1-12(2)10-21-27(24,25)13-7-8-17(15(20)9-13)26-11-18(23)22-16-6-4-3-5-14(16)19/h3-9,12,21H,10-11H2,1-2H3,(H,22,23). The second-order valence-electron chi connectivity index (χ2n) is 6.15. The highest BCUT2D eigenvalue weighted by Gasteiger charge is 2.17. The van der Waals surface area contributed by atoms with E-state index >= 15 is 0 Å². The Morgan fingerprint density at radius 2 is 1.93 bits per heavy atom. The number of rotatable bonds is 8. The molecule has 0 heterocycles. The van der Waals surface area contributed by atoms with Crippen LogP contribution in [0.25, 0.3) is 0 Å². The van der Waals surface area contributed by atoms with E-state index in [0.717, 1.165) is 4.47 Å². The summed E-state index contributed by atoms with van der Waals surface area (Å²) in [7, 11) is -3.65. The van der Waals surface area contributed by atoms with Crippen molar-refractivity contribution in [3.8, 4) is 5.75 Å². The molecule has 0 unspecified atom stereocenters. The molecule has 0 radical (unpaired) electrons. The highest BCUT2D eigenvalue weighted by Crippen LogP contribution is 2.27. The van der Waals surface area contributed by atoms with Crippen LogP contribution in [0.3, 0.4) is 0 Å². The first-order valence-electron chi connectivity index (χ1n) is 8.15. The molecule has 2 aromatic carbocycles. The smallest absolute Gasteiger partial charge is 0.262 e. The Bertz CT molecular complexity index is 919. The second-order valence-corrected chi connectivity index (χ2v) is 9.18. The number of anilines is 1. The van der Waals surface area contributed by atoms with E-state index in [2.05, 4.69) is 26.0 Å². The molecule has 0 saturated heterocycles. The molecule has 27 heavy (non-hydrogen) atoms. The van der Waals surface area contributed by atoms with Crippen molar-refractivity contribution in [1.82, 2.24) is 4.72 Å². The van der Waals surface area contributed by atoms with Gasteiger partial charge in [-0.3, -0.25) is 4.79 Å². The fraction of sp³-hybridized carbons (Fsp3) is 0.278. The normalized spacial score (nSPS) is 11.4. The minimum absolute atomic E-state index is 0.0400. The maximum Gasteiger partial charge on any atom is 0.262 e. The second kappa shape index (κ2) is 9.54. The van der Waals surface area contributed by atoms with Gasteiger partial charge in [-0.1, -0.05) is 37.6 Å². The number of sulfonamides is 1. The lowest BCUT2D eigenvalue weighted by Gasteiger charge is -2.12. The summed E-state index contributed by atoms with van der Waals surface area (Å²) in [6, 6.07) is 11.3. The van der Waals surface area contributed by atoms with Crippen molar-refractivity contribution in [3.63, 3.8) is 0 Å². The number of carbonyl (C=O) groups excluding carboxylic acids is 1. The van der Waals surface area contributed by atoms with Crippen LogP contribution in [0, 0.1) is 5.92 Å². The zero-order valence-corrected chi connectivity index (χ0v) is 18.0. The number of benzene rings is 2. The summed E-state index contributed by atoms with van der Waals surface area (Å²) >= 11 is 9.45. The summed E-state index contributed by atoms with van der Waals surface area (Å²) in [5, 5.41) is 2.81. The number of hydrogen-bond donors (Lipinski definition) is 2. The van der Waals surface area contributed by atoms with E-state index in [1.54, 1.807) is 18.2 Å². The molecule has 0 bridgehead atoms. The lowest BCUT2D eigenvalue weighted by atomic mass is 10.2. The first-order chi connectivity index (χ1) is 12.7. The molecule has 0 aliphatic carbocycles. The van der Waals surface area contributed by atoms with Crippen LogP contribution < -0.4 is 14.8 Å². The van der Waals surface area contributed by atoms with Crippen LogP contribution >= 0.6 is 27.5 Å². The van der Waals surface area contributed by atoms with Crippen molar-refractivity contribution in [1.29, 1.82) is 0 Å². The molecular weight excluding hydrogens is 456 g/mol. The van der Waals surface area contributed by atoms with Gasteiger partial charge < -0.3 is 10.1 Å². The Kier molecular flexibility index (Phi) is 7.67. The Labute approximate surface area is 172 Å². The summed E-state index contributed by atoms with van der Waals surface area (Å²) < 4.78 is 33.1. The van der Waals surface area contributed by atoms with Gasteiger partial charge in [0.15, 0.2) is 6.61 Å². The number of amides is 1. The third-order valence-corrected chi connectivity index (χ3v) is 5.81. The molecule has 2 N–H and O–H groups in total. The van der Waals surface area contributed by atoms with Crippen molar-refractivity contribution in [3.05, 3.63) is 52.0 Å². The van der Waals surface area contributed by atoms with Gasteiger partial charge in [-0.2, -0.15) is 0 Å². The Morgan fingerprint density at radius 1 is 1.22 bits per heavy atom. The van der Waals surface area contributed by atoms with E-state index in [-0.39, 0.29) is 34.1 Å². The molecule has 2 rings (SSSR count). The monoisotopic (exact) mass is 474 g/mol. The van der Waals surface area contributed by atoms with Crippen LogP contribution in [-0.2, 0) is 14.8 Å². The van der Waals surface area contributed by atoms with Crippen LogP contribution in [-0.4, -0.2) is 27.5 Å². The van der Waals surface area contributed by atoms with Crippen molar-refractivity contribution < 1.29 is 17.9 Å². The van der Waals surface area contributed by atoms with E-state index in [1.165, 1.54) is 18.2 Å². The maximum absolute atomic E-state index is 12.2. The molecule has 1 amide bonds. The van der Waals surface area contributed by atoms with Crippen LogP contribution in [0.15, 0.2) is 51.8 Å². The molecule has 0 saturated carbocycles. The lowest BCUT2D eigenvalue weighted by molar-refractivity contribution is -0.118. The fourth-order valence-corrected chi connectivity index (χ4v) is 3.94. The van der Waals surface area contributed by atoms with Crippen LogP contribution in [0.1, 0.15) is 13.8 Å². The summed E-state index contributed by atoms with van der Waals surface area (Å²) in [6.07, 6.45) is 0. The number of hydrogen-bond acceptors (Lipinski definition) is 4. The van der Waals surface area contributed by atoms with Gasteiger partial charge in [0.1, 0.15) is 5.75 Å². The zero-order valence-electron chi connectivity index (χ0n) is 14.8. The molecule has 0 aliphatic rings. The lowest BCUT2D eigenvalue weighted by Crippen LogP contribution is -2.27. The average molecular weight is 476 g/mol. The fourth-order valence-electron chi connectivity index (χ4n) is 2.02. The third-order valence-electron chi connectivity index (χ3n) is 3.40. The van der Waals surface area contributed by atoms with Gasteiger partial charge in [-0.05, 0) is 52.2 Å². The quantitative estimate of drug-likeness (QED) is 0.603. The topological polar surface area (TPSA) is 84.5 Å². The first kappa shape index (κ1) is 21.7. The van der Waals surface area contributed by atoms with Crippen LogP contribution in [0.5, 0.6) is 5.75 Å². The summed E-state index contributed by atoms with van der Waals surface area (Å²) in [6.45, 7) is 3.88. The molecule has 0 fully saturated rings. The molecule has 146 valence electrons. The summed E-state index contributed by atoms with van der Waals surface area (Å²) in [5.74, 6) is 0.0380. The van der Waals surface area contributed by atoms with E-state index in [0.29, 0.717) is 12.2 Å². The van der Waals surface area contributed by atoms with Crippen LogP contribution in [0.2, 0.25) is 5.02 Å². The molecule has 0 aliphatic heterocycles. The molecule has 2 aromatic rings. The molecule has 6 nitrogen and oxygen atoms in total. The largest absolute Gasteiger partial charge is 0.482 e. The van der Waals surface area contributed by atoms with Gasteiger partial charge in [0.25, 0.3) is 5.91 Å². The van der Waals surface area contributed by atoms with E-state index in [1.807, 2.05) is 19.9 Å². The van der Waals surface area contributed by atoms with Crippen LogP contribution in [0.4, 0.5) is 5.69 Å². The van der Waals surface area contributed by atoms with Crippen molar-refractivity contribution in [2.75, 3.05) is 18.5 Å². The number of para-hydroxylation sites is 1. The molecule has 9 heteroatoms. The zero-order chi connectivity index (χ0) is 20.0. The Balaban J connectivity index is 2.00. The minimum Gasteiger partial charge on any atom is -0.482 e. The number of carbonyl (C=O) groups is 1. The highest BCUT2D eigenvalue weighted by atomic mass is 79.9. The number of ether oxygens (including phenoxy) is 1. The van der Waals surface area contributed by atoms with Crippen molar-refractivity contribution in [2.24, 2.45) is 5.92 Å². The summed E-state index contributed by atoms with van der Waals surface area (Å²) in [4.78, 5) is 12.1. The third kappa shape index (κ3) is 6.49. The van der Waals surface area contributed by atoms with Gasteiger partial charge in [0, 0.05) is 11.0 Å². The highest BCUT2D eigenvalue weighted by molar-refractivity contribution is 9.10. The predicted molar refractivity (Wildman–Crippen MR) is 110 cm³/mol. The molecule has 0 aromatic heterocycles. The van der Waals surface area contributed by atoms with Crippen molar-refractivity contribution in [2.45, 2.75) is 18.7 Å². The predicted octanol–water partition coefficient (Wildman–Crippen LogP) is 4.05. The van der Waals surface area contributed by atoms with Gasteiger partial charge >= 0.3 is 0 Å². The van der Waals surface area contributed by atoms with Gasteiger partial charge in [-0.15, -0.1) is 0 Å². The van der Waals surface area contributed by atoms with Gasteiger partial charge in [-0.25, -0.2) is 13.1 Å². The van der Waals surface area contributed by atoms with Crippen molar-refractivity contribution >= 4 is 49.1 Å². The maximum atomic E-state index is 12.2. The van der Waals surface area contributed by atoms with E-state index in [9.17, 15) is 13.2 Å².